The van der Waals surface area contributed by atoms with Crippen LogP contribution in [0.5, 0.6) is 11.5 Å². The Balaban J connectivity index is 3.09. The van der Waals surface area contributed by atoms with Gasteiger partial charge >= 0.3 is 0 Å². The minimum Gasteiger partial charge on any atom is -0.504 e. The third kappa shape index (κ3) is 3.85. The van der Waals surface area contributed by atoms with E-state index in [9.17, 15) is 9.90 Å². The van der Waals surface area contributed by atoms with Crippen LogP contribution in [-0.4, -0.2) is 18.0 Å². The topological polar surface area (TPSA) is 46.5 Å². The summed E-state index contributed by atoms with van der Waals surface area (Å²) in [6, 6.07) is 4.99. The highest BCUT2D eigenvalue weighted by Crippen LogP contribution is 2.31. The number of benzene rings is 1. The SMILES string of the molecule is CCC/C=C(\CCC)C(=O)c1cccc(OC)c1O. The quantitative estimate of drug-likeness (QED) is 0.594. The lowest BCUT2D eigenvalue weighted by Crippen LogP contribution is -2.05. The summed E-state index contributed by atoms with van der Waals surface area (Å²) in [6.07, 6.45) is 5.50. The number of unbranched alkanes of at least 4 members (excludes halogenated alkanes) is 1. The fourth-order valence-corrected chi connectivity index (χ4v) is 1.94. The van der Waals surface area contributed by atoms with E-state index in [4.69, 9.17) is 4.74 Å². The summed E-state index contributed by atoms with van der Waals surface area (Å²) in [6.45, 7) is 4.12. The number of rotatable bonds is 7. The summed E-state index contributed by atoms with van der Waals surface area (Å²) in [5.74, 6) is 0.150. The van der Waals surface area contributed by atoms with Gasteiger partial charge in [0.15, 0.2) is 17.3 Å². The molecule has 0 radical (unpaired) electrons. The Hall–Kier alpha value is -1.77. The minimum atomic E-state index is -0.105. The zero-order valence-electron chi connectivity index (χ0n) is 11.9. The van der Waals surface area contributed by atoms with E-state index < -0.39 is 0 Å². The molecule has 0 spiro atoms. The molecule has 19 heavy (non-hydrogen) atoms. The molecule has 1 aromatic carbocycles. The first-order valence-corrected chi connectivity index (χ1v) is 6.75. The lowest BCUT2D eigenvalue weighted by Gasteiger charge is -2.10. The van der Waals surface area contributed by atoms with Gasteiger partial charge in [-0.25, -0.2) is 0 Å². The van der Waals surface area contributed by atoms with Gasteiger partial charge in [0, 0.05) is 0 Å². The fraction of sp³-hybridized carbons (Fsp3) is 0.438. The Kier molecular flexibility index (Phi) is 6.13. The molecule has 0 fully saturated rings. The molecular formula is C16H22O3. The van der Waals surface area contributed by atoms with Gasteiger partial charge in [-0.15, -0.1) is 0 Å². The molecule has 1 N–H and O–H groups in total. The molecule has 0 aromatic heterocycles. The summed E-state index contributed by atoms with van der Waals surface area (Å²) in [5.41, 5.74) is 1.09. The van der Waals surface area contributed by atoms with Crippen LogP contribution in [-0.2, 0) is 0 Å². The standard InChI is InChI=1S/C16H22O3/c1-4-6-9-12(8-5-2)15(17)13-10-7-11-14(19-3)16(13)18/h7,9-11,18H,4-6,8H2,1-3H3/b12-9+. The molecule has 0 saturated heterocycles. The van der Waals surface area contributed by atoms with Crippen molar-refractivity contribution in [2.75, 3.05) is 7.11 Å². The summed E-state index contributed by atoms with van der Waals surface area (Å²) in [5, 5.41) is 10.0. The maximum atomic E-state index is 12.4. The number of para-hydroxylation sites is 1. The van der Waals surface area contributed by atoms with E-state index >= 15 is 0 Å². The molecule has 1 aromatic rings. The van der Waals surface area contributed by atoms with Crippen molar-refractivity contribution in [2.24, 2.45) is 0 Å². The van der Waals surface area contributed by atoms with Crippen LogP contribution in [0.25, 0.3) is 0 Å². The first kappa shape index (κ1) is 15.3. The van der Waals surface area contributed by atoms with Crippen LogP contribution in [0.4, 0.5) is 0 Å². The van der Waals surface area contributed by atoms with Crippen molar-refractivity contribution in [1.29, 1.82) is 0 Å². The molecule has 0 saturated carbocycles. The number of carbonyl (C=O) groups is 1. The first-order valence-electron chi connectivity index (χ1n) is 6.75. The van der Waals surface area contributed by atoms with Gasteiger partial charge in [-0.3, -0.25) is 4.79 Å². The predicted molar refractivity (Wildman–Crippen MR) is 76.9 cm³/mol. The van der Waals surface area contributed by atoms with E-state index in [2.05, 4.69) is 6.92 Å². The Morgan fingerprint density at radius 3 is 2.63 bits per heavy atom. The van der Waals surface area contributed by atoms with Gasteiger partial charge < -0.3 is 9.84 Å². The average molecular weight is 262 g/mol. The number of methoxy groups -OCH3 is 1. The molecule has 104 valence electrons. The Morgan fingerprint density at radius 2 is 2.05 bits per heavy atom. The molecule has 3 heteroatoms. The molecule has 0 aliphatic rings. The molecule has 0 unspecified atom stereocenters. The van der Waals surface area contributed by atoms with Crippen molar-refractivity contribution in [1.82, 2.24) is 0 Å². The van der Waals surface area contributed by atoms with Gasteiger partial charge in [-0.1, -0.05) is 38.8 Å². The number of carbonyl (C=O) groups excluding carboxylic acids is 1. The van der Waals surface area contributed by atoms with Gasteiger partial charge in [0.1, 0.15) is 0 Å². The number of ketones is 1. The second-order valence-electron chi connectivity index (χ2n) is 4.45. The van der Waals surface area contributed by atoms with E-state index in [-0.39, 0.29) is 11.5 Å². The third-order valence-corrected chi connectivity index (χ3v) is 2.95. The van der Waals surface area contributed by atoms with Crippen LogP contribution in [0, 0.1) is 0 Å². The van der Waals surface area contributed by atoms with Crippen LogP contribution < -0.4 is 4.74 Å². The highest BCUT2D eigenvalue weighted by molar-refractivity contribution is 6.10. The molecule has 0 atom stereocenters. The van der Waals surface area contributed by atoms with Gasteiger partial charge in [-0.05, 0) is 30.5 Å². The summed E-state index contributed by atoms with van der Waals surface area (Å²) in [7, 11) is 1.48. The zero-order valence-corrected chi connectivity index (χ0v) is 11.9. The molecule has 3 nitrogen and oxygen atoms in total. The molecule has 0 heterocycles. The lowest BCUT2D eigenvalue weighted by molar-refractivity contribution is 0.102. The number of ether oxygens (including phenoxy) is 1. The molecule has 0 amide bonds. The maximum absolute atomic E-state index is 12.4. The van der Waals surface area contributed by atoms with Gasteiger partial charge in [0.05, 0.1) is 12.7 Å². The van der Waals surface area contributed by atoms with Crippen molar-refractivity contribution in [3.05, 3.63) is 35.4 Å². The van der Waals surface area contributed by atoms with E-state index in [0.29, 0.717) is 11.3 Å². The van der Waals surface area contributed by atoms with Crippen LogP contribution in [0.1, 0.15) is 49.9 Å². The Morgan fingerprint density at radius 1 is 1.32 bits per heavy atom. The fourth-order valence-electron chi connectivity index (χ4n) is 1.94. The number of hydrogen-bond acceptors (Lipinski definition) is 3. The zero-order chi connectivity index (χ0) is 14.3. The summed E-state index contributed by atoms with van der Waals surface area (Å²) < 4.78 is 5.03. The van der Waals surface area contributed by atoms with Crippen LogP contribution in [0.15, 0.2) is 29.8 Å². The Bertz CT molecular complexity index is 461. The van der Waals surface area contributed by atoms with E-state index in [1.807, 2.05) is 13.0 Å². The van der Waals surface area contributed by atoms with E-state index in [0.717, 1.165) is 31.3 Å². The van der Waals surface area contributed by atoms with E-state index in [1.54, 1.807) is 18.2 Å². The number of hydrogen-bond donors (Lipinski definition) is 1. The molecule has 0 bridgehead atoms. The molecular weight excluding hydrogens is 240 g/mol. The normalized spacial score (nSPS) is 11.4. The van der Waals surface area contributed by atoms with Crippen molar-refractivity contribution in [2.45, 2.75) is 39.5 Å². The minimum absolute atomic E-state index is 0.0755. The highest BCUT2D eigenvalue weighted by atomic mass is 16.5. The maximum Gasteiger partial charge on any atom is 0.192 e. The molecule has 0 aliphatic carbocycles. The third-order valence-electron chi connectivity index (χ3n) is 2.95. The largest absolute Gasteiger partial charge is 0.504 e. The molecule has 0 aliphatic heterocycles. The summed E-state index contributed by atoms with van der Waals surface area (Å²) in [4.78, 5) is 12.4. The van der Waals surface area contributed by atoms with Crippen molar-refractivity contribution in [3.8, 4) is 11.5 Å². The first-order chi connectivity index (χ1) is 9.15. The van der Waals surface area contributed by atoms with Crippen molar-refractivity contribution >= 4 is 5.78 Å². The van der Waals surface area contributed by atoms with Gasteiger partial charge in [-0.2, -0.15) is 0 Å². The van der Waals surface area contributed by atoms with Crippen LogP contribution in [0.2, 0.25) is 0 Å². The molecule has 1 rings (SSSR count). The number of aromatic hydroxyl groups is 1. The van der Waals surface area contributed by atoms with Gasteiger partial charge in [0.25, 0.3) is 0 Å². The van der Waals surface area contributed by atoms with Crippen LogP contribution in [0.3, 0.4) is 0 Å². The smallest absolute Gasteiger partial charge is 0.192 e. The number of Topliss-reactive ketones (excluding diaryl/α,β-unsaturated/α-hetero) is 1. The average Bonchev–Trinajstić information content (AvgIpc) is 2.43. The lowest BCUT2D eigenvalue weighted by atomic mass is 9.97. The Labute approximate surface area is 114 Å². The number of allylic oxidation sites excluding steroid dienone is 2. The van der Waals surface area contributed by atoms with Crippen molar-refractivity contribution < 1.29 is 14.6 Å². The number of phenolic OH excluding ortho intramolecular Hbond substituents is 1. The second kappa shape index (κ2) is 7.62. The summed E-state index contributed by atoms with van der Waals surface area (Å²) >= 11 is 0. The highest BCUT2D eigenvalue weighted by Gasteiger charge is 2.17. The predicted octanol–water partition coefficient (Wildman–Crippen LogP) is 4.11. The monoisotopic (exact) mass is 262 g/mol. The van der Waals surface area contributed by atoms with E-state index in [1.165, 1.54) is 7.11 Å². The second-order valence-corrected chi connectivity index (χ2v) is 4.45. The number of phenols is 1. The van der Waals surface area contributed by atoms with Gasteiger partial charge in [0.2, 0.25) is 0 Å². The van der Waals surface area contributed by atoms with Crippen molar-refractivity contribution in [3.63, 3.8) is 0 Å². The van der Waals surface area contributed by atoms with Crippen LogP contribution >= 0.6 is 0 Å².